The molecule has 2 aromatic heterocycles. The molecule has 0 unspecified atom stereocenters. The SMILES string of the molecule is Cc1occc1C(=O)Nc1nc(CC(=O)NC2=NCCS2)cs1. The Bertz CT molecular complexity index is 766. The average molecular weight is 350 g/mol. The first-order chi connectivity index (χ1) is 11.1. The van der Waals surface area contributed by atoms with E-state index in [2.05, 4.69) is 20.6 Å². The fourth-order valence-electron chi connectivity index (χ4n) is 1.97. The molecule has 0 radical (unpaired) electrons. The summed E-state index contributed by atoms with van der Waals surface area (Å²) in [6.07, 6.45) is 1.61. The number of aryl methyl sites for hydroxylation is 1. The van der Waals surface area contributed by atoms with Crippen LogP contribution in [0.15, 0.2) is 27.1 Å². The van der Waals surface area contributed by atoms with Gasteiger partial charge in [0.2, 0.25) is 5.91 Å². The summed E-state index contributed by atoms with van der Waals surface area (Å²) in [5, 5.41) is 8.31. The van der Waals surface area contributed by atoms with Crippen LogP contribution in [0.2, 0.25) is 0 Å². The number of carbonyl (C=O) groups excluding carboxylic acids is 2. The predicted octanol–water partition coefficient (Wildman–Crippen LogP) is 2.06. The molecule has 0 aliphatic carbocycles. The van der Waals surface area contributed by atoms with Crippen molar-refractivity contribution in [2.45, 2.75) is 13.3 Å². The summed E-state index contributed by atoms with van der Waals surface area (Å²) < 4.78 is 5.10. The first-order valence-electron chi connectivity index (χ1n) is 6.89. The van der Waals surface area contributed by atoms with Crippen molar-refractivity contribution in [3.8, 4) is 0 Å². The molecule has 0 bridgehead atoms. The second-order valence-electron chi connectivity index (χ2n) is 4.75. The number of aromatic nitrogens is 1. The Morgan fingerprint density at radius 2 is 2.26 bits per heavy atom. The van der Waals surface area contributed by atoms with Gasteiger partial charge in [-0.15, -0.1) is 11.3 Å². The van der Waals surface area contributed by atoms with Gasteiger partial charge in [-0.1, -0.05) is 11.8 Å². The van der Waals surface area contributed by atoms with Crippen molar-refractivity contribution in [2.75, 3.05) is 17.6 Å². The summed E-state index contributed by atoms with van der Waals surface area (Å²) in [4.78, 5) is 32.4. The second-order valence-corrected chi connectivity index (χ2v) is 6.69. The minimum atomic E-state index is -0.279. The van der Waals surface area contributed by atoms with E-state index in [4.69, 9.17) is 4.42 Å². The molecule has 9 heteroatoms. The molecule has 0 fully saturated rings. The molecular weight excluding hydrogens is 336 g/mol. The number of thioether (sulfide) groups is 1. The highest BCUT2D eigenvalue weighted by Gasteiger charge is 2.15. The number of amides is 2. The normalized spacial score (nSPS) is 13.7. The maximum absolute atomic E-state index is 12.1. The molecule has 7 nitrogen and oxygen atoms in total. The largest absolute Gasteiger partial charge is 0.469 e. The van der Waals surface area contributed by atoms with Crippen LogP contribution in [0.1, 0.15) is 21.8 Å². The Morgan fingerprint density at radius 1 is 1.39 bits per heavy atom. The number of hydrogen-bond donors (Lipinski definition) is 2. The van der Waals surface area contributed by atoms with Gasteiger partial charge in [-0.05, 0) is 13.0 Å². The van der Waals surface area contributed by atoms with Gasteiger partial charge < -0.3 is 9.73 Å². The zero-order valence-corrected chi connectivity index (χ0v) is 13.9. The number of amidine groups is 1. The van der Waals surface area contributed by atoms with Gasteiger partial charge in [-0.3, -0.25) is 19.9 Å². The van der Waals surface area contributed by atoms with E-state index in [-0.39, 0.29) is 18.2 Å². The summed E-state index contributed by atoms with van der Waals surface area (Å²) in [5.41, 5.74) is 1.08. The minimum absolute atomic E-state index is 0.149. The van der Waals surface area contributed by atoms with E-state index in [0.29, 0.717) is 27.3 Å². The molecular formula is C14H14N4O3S2. The topological polar surface area (TPSA) is 96.6 Å². The quantitative estimate of drug-likeness (QED) is 0.880. The molecule has 3 heterocycles. The lowest BCUT2D eigenvalue weighted by Gasteiger charge is -2.02. The molecule has 0 saturated heterocycles. The molecule has 1 aliphatic rings. The van der Waals surface area contributed by atoms with E-state index >= 15 is 0 Å². The molecule has 23 heavy (non-hydrogen) atoms. The van der Waals surface area contributed by atoms with Crippen LogP contribution in [0, 0.1) is 6.92 Å². The van der Waals surface area contributed by atoms with Crippen molar-refractivity contribution in [3.63, 3.8) is 0 Å². The highest BCUT2D eigenvalue weighted by molar-refractivity contribution is 8.14. The lowest BCUT2D eigenvalue weighted by molar-refractivity contribution is -0.119. The Hall–Kier alpha value is -2.13. The molecule has 1 aliphatic heterocycles. The van der Waals surface area contributed by atoms with E-state index in [0.717, 1.165) is 12.3 Å². The molecule has 0 saturated carbocycles. The molecule has 0 spiro atoms. The highest BCUT2D eigenvalue weighted by atomic mass is 32.2. The zero-order valence-electron chi connectivity index (χ0n) is 12.3. The van der Waals surface area contributed by atoms with Gasteiger partial charge in [0.05, 0.1) is 30.5 Å². The van der Waals surface area contributed by atoms with Crippen molar-refractivity contribution in [2.24, 2.45) is 4.99 Å². The Labute approximate surface area is 140 Å². The molecule has 0 aromatic carbocycles. The van der Waals surface area contributed by atoms with Crippen molar-refractivity contribution in [1.82, 2.24) is 10.3 Å². The molecule has 2 aromatic rings. The third-order valence-electron chi connectivity index (χ3n) is 3.05. The van der Waals surface area contributed by atoms with Crippen LogP contribution in [0.25, 0.3) is 0 Å². The van der Waals surface area contributed by atoms with Crippen LogP contribution in [-0.4, -0.2) is 34.3 Å². The monoisotopic (exact) mass is 350 g/mol. The second kappa shape index (κ2) is 6.97. The van der Waals surface area contributed by atoms with Crippen molar-refractivity contribution in [3.05, 3.63) is 34.7 Å². The average Bonchev–Trinajstić information content (AvgIpc) is 3.22. The molecule has 120 valence electrons. The fraction of sp³-hybridized carbons (Fsp3) is 0.286. The summed E-state index contributed by atoms with van der Waals surface area (Å²) in [6, 6.07) is 1.60. The van der Waals surface area contributed by atoms with E-state index in [1.54, 1.807) is 18.4 Å². The van der Waals surface area contributed by atoms with Gasteiger partial charge >= 0.3 is 0 Å². The number of furan rings is 1. The minimum Gasteiger partial charge on any atom is -0.469 e. The Morgan fingerprint density at radius 3 is 2.96 bits per heavy atom. The van der Waals surface area contributed by atoms with Gasteiger partial charge in [0, 0.05) is 11.1 Å². The van der Waals surface area contributed by atoms with E-state index < -0.39 is 0 Å². The smallest absolute Gasteiger partial charge is 0.260 e. The van der Waals surface area contributed by atoms with Gasteiger partial charge in [-0.2, -0.15) is 0 Å². The van der Waals surface area contributed by atoms with Gasteiger partial charge in [0.25, 0.3) is 5.91 Å². The number of thiazole rings is 1. The zero-order chi connectivity index (χ0) is 16.2. The maximum Gasteiger partial charge on any atom is 0.260 e. The summed E-state index contributed by atoms with van der Waals surface area (Å²) in [6.45, 7) is 2.46. The van der Waals surface area contributed by atoms with Crippen LogP contribution in [0.4, 0.5) is 5.13 Å². The van der Waals surface area contributed by atoms with Crippen LogP contribution in [-0.2, 0) is 11.2 Å². The van der Waals surface area contributed by atoms with Crippen LogP contribution in [0.5, 0.6) is 0 Å². The van der Waals surface area contributed by atoms with Gasteiger partial charge in [-0.25, -0.2) is 4.98 Å². The van der Waals surface area contributed by atoms with Crippen LogP contribution >= 0.6 is 23.1 Å². The number of carbonyl (C=O) groups is 2. The van der Waals surface area contributed by atoms with E-state index in [1.165, 1.54) is 29.4 Å². The highest BCUT2D eigenvalue weighted by Crippen LogP contribution is 2.18. The number of hydrogen-bond acceptors (Lipinski definition) is 7. The van der Waals surface area contributed by atoms with Crippen molar-refractivity contribution in [1.29, 1.82) is 0 Å². The predicted molar refractivity (Wildman–Crippen MR) is 90.1 cm³/mol. The van der Waals surface area contributed by atoms with E-state index in [9.17, 15) is 9.59 Å². The first kappa shape index (κ1) is 15.8. The summed E-state index contributed by atoms with van der Waals surface area (Å²) >= 11 is 2.81. The summed E-state index contributed by atoms with van der Waals surface area (Å²) in [7, 11) is 0. The lowest BCUT2D eigenvalue weighted by atomic mass is 10.2. The third-order valence-corrected chi connectivity index (χ3v) is 4.75. The van der Waals surface area contributed by atoms with E-state index in [1.807, 2.05) is 0 Å². The molecule has 3 rings (SSSR count). The van der Waals surface area contributed by atoms with Gasteiger partial charge in [0.15, 0.2) is 10.3 Å². The van der Waals surface area contributed by atoms with Crippen LogP contribution < -0.4 is 10.6 Å². The van der Waals surface area contributed by atoms with Crippen molar-refractivity contribution < 1.29 is 14.0 Å². The number of rotatable bonds is 4. The number of nitrogens with one attached hydrogen (secondary N) is 2. The fourth-order valence-corrected chi connectivity index (χ4v) is 3.42. The van der Waals surface area contributed by atoms with Gasteiger partial charge in [0.1, 0.15) is 5.76 Å². The molecule has 2 amide bonds. The number of anilines is 1. The third kappa shape index (κ3) is 3.99. The first-order valence-corrected chi connectivity index (χ1v) is 8.75. The van der Waals surface area contributed by atoms with Crippen LogP contribution in [0.3, 0.4) is 0 Å². The Balaban J connectivity index is 1.56. The Kier molecular flexibility index (Phi) is 4.77. The molecule has 0 atom stereocenters. The molecule has 2 N–H and O–H groups in total. The summed E-state index contributed by atoms with van der Waals surface area (Å²) in [5.74, 6) is 1.01. The standard InChI is InChI=1S/C14H14N4O3S2/c1-8-10(2-4-21-8)12(20)18-14-16-9(7-23-14)6-11(19)17-13-15-3-5-22-13/h2,4,7H,3,5-6H2,1H3,(H,15,17,19)(H,16,18,20). The van der Waals surface area contributed by atoms with Crippen molar-refractivity contribution >= 4 is 45.2 Å². The lowest BCUT2D eigenvalue weighted by Crippen LogP contribution is -2.28. The maximum atomic E-state index is 12.1. The number of nitrogens with zero attached hydrogens (tertiary/aromatic N) is 2. The number of aliphatic imine (C=N–C) groups is 1.